The molecule has 2 atom stereocenters. The minimum Gasteiger partial charge on any atom is -0.384 e. The molecule has 10 heavy (non-hydrogen) atoms. The van der Waals surface area contributed by atoms with Crippen LogP contribution in [0.2, 0.25) is 0 Å². The molecule has 1 fully saturated rings. The van der Waals surface area contributed by atoms with E-state index in [0.29, 0.717) is 0 Å². The van der Waals surface area contributed by atoms with Gasteiger partial charge >= 0.3 is 0 Å². The molecule has 0 spiro atoms. The second kappa shape index (κ2) is 3.55. The van der Waals surface area contributed by atoms with E-state index in [2.05, 4.69) is 10.2 Å². The predicted molar refractivity (Wildman–Crippen MR) is 38.5 cm³/mol. The summed E-state index contributed by atoms with van der Waals surface area (Å²) in [5, 5.41) is 12.4. The van der Waals surface area contributed by atoms with Gasteiger partial charge in [0.15, 0.2) is 0 Å². The molecular formula is C7H12N2O. The summed E-state index contributed by atoms with van der Waals surface area (Å²) in [5.41, 5.74) is 0. The molecule has 0 radical (unpaired) electrons. The van der Waals surface area contributed by atoms with Gasteiger partial charge in [-0.3, -0.25) is 0 Å². The van der Waals surface area contributed by atoms with Gasteiger partial charge in [0.2, 0.25) is 6.54 Å². The zero-order valence-electron chi connectivity index (χ0n) is 5.88. The fourth-order valence-corrected chi connectivity index (χ4v) is 1.26. The van der Waals surface area contributed by atoms with Gasteiger partial charge in [-0.05, 0) is 19.4 Å². The first-order valence-corrected chi connectivity index (χ1v) is 3.59. The van der Waals surface area contributed by atoms with Gasteiger partial charge in [-0.25, -0.2) is 6.57 Å². The monoisotopic (exact) mass is 140 g/mol. The van der Waals surface area contributed by atoms with Gasteiger partial charge < -0.3 is 15.3 Å². The molecule has 1 aliphatic heterocycles. The van der Waals surface area contributed by atoms with Crippen molar-refractivity contribution < 1.29 is 5.11 Å². The molecule has 56 valence electrons. The molecule has 0 bridgehead atoms. The third-order valence-corrected chi connectivity index (χ3v) is 1.84. The van der Waals surface area contributed by atoms with E-state index >= 15 is 0 Å². The summed E-state index contributed by atoms with van der Waals surface area (Å²) in [6, 6.07) is 0.175. The summed E-state index contributed by atoms with van der Waals surface area (Å²) >= 11 is 0. The van der Waals surface area contributed by atoms with Crippen LogP contribution in [0.4, 0.5) is 0 Å². The third-order valence-electron chi connectivity index (χ3n) is 1.84. The first-order valence-electron chi connectivity index (χ1n) is 3.59. The Morgan fingerprint density at radius 3 is 3.10 bits per heavy atom. The topological polar surface area (TPSA) is 36.6 Å². The van der Waals surface area contributed by atoms with E-state index in [1.807, 2.05) is 0 Å². The molecule has 0 aliphatic carbocycles. The molecule has 1 aliphatic rings. The molecule has 1 rings (SSSR count). The molecule has 0 saturated carbocycles. The number of nitrogens with one attached hydrogen (secondary N) is 1. The normalized spacial score (nSPS) is 27.8. The molecule has 1 heterocycles. The Bertz CT molecular complexity index is 135. The summed E-state index contributed by atoms with van der Waals surface area (Å²) in [4.78, 5) is 3.14. The summed E-state index contributed by atoms with van der Waals surface area (Å²) in [6.07, 6.45) is 1.68. The van der Waals surface area contributed by atoms with Crippen molar-refractivity contribution in [3.8, 4) is 0 Å². The molecule has 0 unspecified atom stereocenters. The van der Waals surface area contributed by atoms with Crippen LogP contribution in [0.25, 0.3) is 4.85 Å². The maximum atomic E-state index is 9.27. The number of rotatable bonds is 2. The van der Waals surface area contributed by atoms with Crippen LogP contribution >= 0.6 is 0 Å². The first kappa shape index (κ1) is 7.52. The van der Waals surface area contributed by atoms with Crippen molar-refractivity contribution in [1.82, 2.24) is 5.32 Å². The largest absolute Gasteiger partial charge is 0.384 e. The average Bonchev–Trinajstić information content (AvgIpc) is 2.38. The van der Waals surface area contributed by atoms with Crippen LogP contribution in [0.5, 0.6) is 0 Å². The van der Waals surface area contributed by atoms with Crippen molar-refractivity contribution in [2.24, 2.45) is 0 Å². The number of aliphatic hydroxyl groups is 1. The Morgan fingerprint density at radius 1 is 1.80 bits per heavy atom. The van der Waals surface area contributed by atoms with Gasteiger partial charge in [0, 0.05) is 6.04 Å². The standard InChI is InChI=1S/C7H12N2O/c1-8-5-7(10)6-3-2-4-9-6/h6-7,9-10H,2-5H2/t6-,7+/m0/s1. The van der Waals surface area contributed by atoms with E-state index in [1.165, 1.54) is 0 Å². The van der Waals surface area contributed by atoms with E-state index in [-0.39, 0.29) is 12.6 Å². The third kappa shape index (κ3) is 1.69. The van der Waals surface area contributed by atoms with Crippen LogP contribution < -0.4 is 5.32 Å². The number of aliphatic hydroxyl groups excluding tert-OH is 1. The quantitative estimate of drug-likeness (QED) is 0.530. The zero-order valence-corrected chi connectivity index (χ0v) is 5.88. The van der Waals surface area contributed by atoms with Gasteiger partial charge in [0.1, 0.15) is 6.10 Å². The predicted octanol–water partition coefficient (Wildman–Crippen LogP) is 0.0186. The second-order valence-electron chi connectivity index (χ2n) is 2.61. The molecule has 0 amide bonds. The van der Waals surface area contributed by atoms with Crippen molar-refractivity contribution in [2.75, 3.05) is 13.1 Å². The van der Waals surface area contributed by atoms with Crippen molar-refractivity contribution in [3.05, 3.63) is 11.4 Å². The molecule has 3 heteroatoms. The van der Waals surface area contributed by atoms with Crippen molar-refractivity contribution in [2.45, 2.75) is 25.0 Å². The SMILES string of the molecule is [C-]#[N+]C[C@@H](O)[C@@H]1CCCN1. The lowest BCUT2D eigenvalue weighted by atomic mass is 10.1. The van der Waals surface area contributed by atoms with Crippen LogP contribution in [0.3, 0.4) is 0 Å². The van der Waals surface area contributed by atoms with Gasteiger partial charge in [0.25, 0.3) is 0 Å². The lowest BCUT2D eigenvalue weighted by molar-refractivity contribution is 0.151. The maximum Gasteiger partial charge on any atom is 0.241 e. The van der Waals surface area contributed by atoms with Gasteiger partial charge in [0.05, 0.1) is 0 Å². The highest BCUT2D eigenvalue weighted by Gasteiger charge is 2.23. The first-order chi connectivity index (χ1) is 4.84. The number of hydrogen-bond donors (Lipinski definition) is 2. The Kier molecular flexibility index (Phi) is 2.67. The lowest BCUT2D eigenvalue weighted by Gasteiger charge is -2.11. The minimum atomic E-state index is -0.458. The molecule has 2 N–H and O–H groups in total. The molecule has 0 aromatic carbocycles. The van der Waals surface area contributed by atoms with Crippen LogP contribution in [0, 0.1) is 6.57 Å². The van der Waals surface area contributed by atoms with E-state index in [9.17, 15) is 5.11 Å². The molecule has 0 aromatic rings. The smallest absolute Gasteiger partial charge is 0.241 e. The number of hydrogen-bond acceptors (Lipinski definition) is 2. The fourth-order valence-electron chi connectivity index (χ4n) is 1.26. The summed E-state index contributed by atoms with van der Waals surface area (Å²) in [7, 11) is 0. The van der Waals surface area contributed by atoms with Crippen LogP contribution in [-0.4, -0.2) is 30.3 Å². The Morgan fingerprint density at radius 2 is 2.60 bits per heavy atom. The van der Waals surface area contributed by atoms with E-state index in [4.69, 9.17) is 6.57 Å². The van der Waals surface area contributed by atoms with Gasteiger partial charge in [-0.2, -0.15) is 0 Å². The summed E-state index contributed by atoms with van der Waals surface area (Å²) in [6.45, 7) is 7.75. The van der Waals surface area contributed by atoms with Crippen molar-refractivity contribution in [1.29, 1.82) is 0 Å². The van der Waals surface area contributed by atoms with Crippen LogP contribution in [0.15, 0.2) is 0 Å². The molecule has 0 aromatic heterocycles. The van der Waals surface area contributed by atoms with Crippen LogP contribution in [-0.2, 0) is 0 Å². The lowest BCUT2D eigenvalue weighted by Crippen LogP contribution is -2.36. The van der Waals surface area contributed by atoms with E-state index in [1.54, 1.807) is 0 Å². The minimum absolute atomic E-state index is 0.175. The average molecular weight is 140 g/mol. The van der Waals surface area contributed by atoms with Gasteiger partial charge in [-0.1, -0.05) is 0 Å². The maximum absolute atomic E-state index is 9.27. The Balaban J connectivity index is 2.26. The van der Waals surface area contributed by atoms with Crippen molar-refractivity contribution in [3.63, 3.8) is 0 Å². The summed E-state index contributed by atoms with van der Waals surface area (Å²) in [5.74, 6) is 0. The highest BCUT2D eigenvalue weighted by Crippen LogP contribution is 2.08. The van der Waals surface area contributed by atoms with E-state index in [0.717, 1.165) is 19.4 Å². The second-order valence-corrected chi connectivity index (χ2v) is 2.61. The molecule has 3 nitrogen and oxygen atoms in total. The van der Waals surface area contributed by atoms with E-state index < -0.39 is 6.10 Å². The Labute approximate surface area is 60.9 Å². The summed E-state index contributed by atoms with van der Waals surface area (Å²) < 4.78 is 0. The highest BCUT2D eigenvalue weighted by molar-refractivity contribution is 4.85. The van der Waals surface area contributed by atoms with Crippen LogP contribution in [0.1, 0.15) is 12.8 Å². The number of nitrogens with zero attached hydrogens (tertiary/aromatic N) is 1. The highest BCUT2D eigenvalue weighted by atomic mass is 16.3. The van der Waals surface area contributed by atoms with Gasteiger partial charge in [-0.15, -0.1) is 0 Å². The fraction of sp³-hybridized carbons (Fsp3) is 0.857. The molecular weight excluding hydrogens is 128 g/mol. The Hall–Kier alpha value is -0.590. The molecule has 1 saturated heterocycles. The zero-order chi connectivity index (χ0) is 7.40. The van der Waals surface area contributed by atoms with Crippen molar-refractivity contribution >= 4 is 0 Å².